The normalized spacial score (nSPS) is 13.7. The molecule has 0 bridgehead atoms. The predicted molar refractivity (Wildman–Crippen MR) is 47.8 cm³/mol. The van der Waals surface area contributed by atoms with Crippen LogP contribution in [-0.4, -0.2) is 27.3 Å². The molecule has 0 heterocycles. The van der Waals surface area contributed by atoms with Gasteiger partial charge in [0.2, 0.25) is 9.98 Å². The number of alkyl halides is 6. The molecule has 0 unspecified atom stereocenters. The minimum absolute atomic E-state index is 1.74. The molecule has 0 radical (unpaired) electrons. The van der Waals surface area contributed by atoms with E-state index in [1.165, 1.54) is 0 Å². The molecule has 14 heteroatoms. The highest BCUT2D eigenvalue weighted by atomic mass is 32.2. The summed E-state index contributed by atoms with van der Waals surface area (Å²) < 4.78 is 120. The molecule has 0 aromatic heterocycles. The number of hydrazine groups is 1. The van der Waals surface area contributed by atoms with Crippen LogP contribution in [0, 0.1) is 0 Å². The van der Waals surface area contributed by atoms with Crippen molar-refractivity contribution in [2.45, 2.75) is 12.4 Å². The Labute approximate surface area is 98.3 Å². The summed E-state index contributed by atoms with van der Waals surface area (Å²) in [6.07, 6.45) is -11.9. The van der Waals surface area contributed by atoms with Gasteiger partial charge < -0.3 is 0 Å². The molecule has 0 aromatic carbocycles. The van der Waals surface area contributed by atoms with Gasteiger partial charge in [-0.1, -0.05) is 0 Å². The predicted octanol–water partition coefficient (Wildman–Crippen LogP) is 3.62. The Bertz CT molecular complexity index is 336. The Morgan fingerprint density at radius 1 is 0.722 bits per heavy atom. The zero-order chi connectivity index (χ0) is 14.9. The first-order valence-corrected chi connectivity index (χ1v) is 5.42. The van der Waals surface area contributed by atoms with Crippen LogP contribution in [0.1, 0.15) is 0 Å². The van der Waals surface area contributed by atoms with E-state index in [4.69, 9.17) is 0 Å². The van der Waals surface area contributed by atoms with Crippen molar-refractivity contribution in [3.63, 3.8) is 0 Å². The van der Waals surface area contributed by atoms with Gasteiger partial charge in [0.1, 0.15) is 0 Å². The molecule has 0 saturated heterocycles. The van der Waals surface area contributed by atoms with Gasteiger partial charge in [0.15, 0.2) is 22.5 Å². The summed E-state index contributed by atoms with van der Waals surface area (Å²) in [6, 6.07) is 0. The average Bonchev–Trinajstić information content (AvgIpc) is 1.93. The molecule has 0 aromatic rings. The van der Waals surface area contributed by atoms with Crippen LogP contribution >= 0.6 is 22.5 Å². The number of halogens is 10. The zero-order valence-corrected chi connectivity index (χ0v) is 9.25. The topological polar surface area (TPSA) is 29.3 Å². The molecule has 0 aliphatic rings. The zero-order valence-electron chi connectivity index (χ0n) is 7.62. The number of rotatable bonds is 0. The van der Waals surface area contributed by atoms with Crippen molar-refractivity contribution in [2.75, 3.05) is 0 Å². The third-order valence-electron chi connectivity index (χ3n) is 1.21. The first-order chi connectivity index (χ1) is 7.80. The molecule has 0 amide bonds. The first kappa shape index (κ1) is 17.7. The van der Waals surface area contributed by atoms with Gasteiger partial charge in [-0.2, -0.15) is 31.4 Å². The standard InChI is InChI=1S/C4H2F10N2S2/c5-3(6,7)1(17(11)12)16(15)2(18(13)14)4(8,9)10/h15H2. The van der Waals surface area contributed by atoms with Gasteiger partial charge in [0.25, 0.3) is 0 Å². The Hall–Kier alpha value is -0.340. The molecule has 2 nitrogen and oxygen atoms in total. The van der Waals surface area contributed by atoms with Crippen molar-refractivity contribution < 1.29 is 41.9 Å². The van der Waals surface area contributed by atoms with E-state index >= 15 is 0 Å². The van der Waals surface area contributed by atoms with Crippen LogP contribution in [0.2, 0.25) is 0 Å². The number of nitrogens with two attached hydrogens (primary N) is 1. The Balaban J connectivity index is 5.85. The second kappa shape index (κ2) is 5.75. The van der Waals surface area contributed by atoms with Gasteiger partial charge in [0.05, 0.1) is 0 Å². The van der Waals surface area contributed by atoms with Crippen LogP contribution < -0.4 is 5.84 Å². The molecule has 110 valence electrons. The molecule has 0 aliphatic heterocycles. The van der Waals surface area contributed by atoms with E-state index in [0.717, 1.165) is 0 Å². The summed E-state index contributed by atoms with van der Waals surface area (Å²) in [4.78, 5) is -6.38. The second-order valence-electron chi connectivity index (χ2n) is 2.40. The minimum Gasteiger partial charge on any atom is -0.259 e. The third kappa shape index (κ3) is 4.40. The van der Waals surface area contributed by atoms with Crippen molar-refractivity contribution in [1.82, 2.24) is 5.01 Å². The Morgan fingerprint density at radius 2 is 0.944 bits per heavy atom. The summed E-state index contributed by atoms with van der Waals surface area (Å²) in [5, 5.41) is -1.74. The van der Waals surface area contributed by atoms with Crippen molar-refractivity contribution in [2.24, 2.45) is 5.84 Å². The van der Waals surface area contributed by atoms with Crippen LogP contribution in [0.15, 0.2) is 0 Å². The van der Waals surface area contributed by atoms with E-state index < -0.39 is 49.9 Å². The van der Waals surface area contributed by atoms with E-state index in [0.29, 0.717) is 0 Å². The summed E-state index contributed by atoms with van der Waals surface area (Å²) in [5.74, 6) is 4.11. The number of hydrogen-bond acceptors (Lipinski definition) is 1. The fraction of sp³-hybridized carbons (Fsp3) is 0.500. The molecule has 0 spiro atoms. The highest BCUT2D eigenvalue weighted by Gasteiger charge is 2.50. The highest BCUT2D eigenvalue weighted by Crippen LogP contribution is 2.36. The van der Waals surface area contributed by atoms with Gasteiger partial charge in [0, 0.05) is 0 Å². The molecular weight excluding hydrogens is 330 g/mol. The first-order valence-electron chi connectivity index (χ1n) is 3.36. The van der Waals surface area contributed by atoms with Crippen molar-refractivity contribution in [3.05, 3.63) is 0 Å². The van der Waals surface area contributed by atoms with E-state index in [-0.39, 0.29) is 0 Å². The van der Waals surface area contributed by atoms with E-state index in [9.17, 15) is 41.9 Å². The van der Waals surface area contributed by atoms with Crippen LogP contribution in [-0.2, 0) is 0 Å². The van der Waals surface area contributed by atoms with Gasteiger partial charge in [-0.15, -0.1) is 15.5 Å². The summed E-state index contributed by atoms with van der Waals surface area (Å²) in [7, 11) is 0. The maximum absolute atomic E-state index is 12.0. The summed E-state index contributed by atoms with van der Waals surface area (Å²) in [6.45, 7) is 0. The van der Waals surface area contributed by atoms with Gasteiger partial charge in [-0.25, -0.2) is 0 Å². The molecule has 2 N–H and O–H groups in total. The molecule has 18 heavy (non-hydrogen) atoms. The molecule has 0 saturated carbocycles. The monoisotopic (exact) mass is 332 g/mol. The lowest BCUT2D eigenvalue weighted by atomic mass is 10.5. The van der Waals surface area contributed by atoms with Crippen LogP contribution in [0.3, 0.4) is 0 Å². The van der Waals surface area contributed by atoms with Crippen LogP contribution in [0.4, 0.5) is 41.9 Å². The smallest absolute Gasteiger partial charge is 0.259 e. The van der Waals surface area contributed by atoms with Crippen molar-refractivity contribution >= 4 is 32.5 Å². The van der Waals surface area contributed by atoms with Crippen molar-refractivity contribution in [3.8, 4) is 0 Å². The summed E-state index contributed by atoms with van der Waals surface area (Å²) >= 11 is -9.56. The third-order valence-corrected chi connectivity index (χ3v) is 2.66. The maximum atomic E-state index is 12.0. The van der Waals surface area contributed by atoms with E-state index in [1.54, 1.807) is 0 Å². The van der Waals surface area contributed by atoms with Gasteiger partial charge >= 0.3 is 12.4 Å². The molecule has 0 aliphatic carbocycles. The number of hydrogen-bond donors (Lipinski definition) is 1. The van der Waals surface area contributed by atoms with E-state index in [2.05, 4.69) is 5.84 Å². The lowest BCUT2D eigenvalue weighted by molar-refractivity contribution is -0.0735. The van der Waals surface area contributed by atoms with Gasteiger partial charge in [-0.3, -0.25) is 5.84 Å². The summed E-state index contributed by atoms with van der Waals surface area (Å²) in [5.41, 5.74) is 0. The highest BCUT2D eigenvalue weighted by molar-refractivity contribution is 8.08. The molecule has 0 fully saturated rings. The largest absolute Gasteiger partial charge is 0.438 e. The fourth-order valence-electron chi connectivity index (χ4n) is 0.689. The van der Waals surface area contributed by atoms with Crippen LogP contribution in [0.5, 0.6) is 0 Å². The maximum Gasteiger partial charge on any atom is 0.438 e. The quantitative estimate of drug-likeness (QED) is 0.318. The molecule has 0 rings (SSSR count). The fourth-order valence-corrected chi connectivity index (χ4v) is 1.58. The van der Waals surface area contributed by atoms with Crippen molar-refractivity contribution in [1.29, 1.82) is 0 Å². The van der Waals surface area contributed by atoms with E-state index in [1.807, 2.05) is 0 Å². The SMILES string of the molecule is NN(C(=S(F)F)C(F)(F)F)C(=S(F)F)C(F)(F)F. The Kier molecular flexibility index (Phi) is 5.64. The second-order valence-corrected chi connectivity index (χ2v) is 4.02. The lowest BCUT2D eigenvalue weighted by Crippen LogP contribution is -2.53. The lowest BCUT2D eigenvalue weighted by Gasteiger charge is -2.23. The van der Waals surface area contributed by atoms with Crippen LogP contribution in [0.25, 0.3) is 0 Å². The minimum atomic E-state index is -5.97. The van der Waals surface area contributed by atoms with Gasteiger partial charge in [-0.05, 0) is 0 Å². The average molecular weight is 332 g/mol. The number of nitrogens with zero attached hydrogens (tertiary/aromatic N) is 1. The molecule has 0 atom stereocenters. The molecular formula is C4H2F10N2S2. The Morgan fingerprint density at radius 3 is 1.06 bits per heavy atom.